The van der Waals surface area contributed by atoms with E-state index >= 15 is 0 Å². The van der Waals surface area contributed by atoms with Gasteiger partial charge in [0.05, 0.1) is 23.2 Å². The van der Waals surface area contributed by atoms with Crippen molar-refractivity contribution in [3.63, 3.8) is 0 Å². The second kappa shape index (κ2) is 7.52. The van der Waals surface area contributed by atoms with E-state index in [0.29, 0.717) is 28.4 Å². The summed E-state index contributed by atoms with van der Waals surface area (Å²) in [5.74, 6) is -2.51. The molecule has 3 heterocycles. The highest BCUT2D eigenvalue weighted by atomic mass is 35.5. The van der Waals surface area contributed by atoms with Gasteiger partial charge in [-0.25, -0.2) is 4.90 Å². The van der Waals surface area contributed by atoms with Gasteiger partial charge in [-0.05, 0) is 42.7 Å². The Hall–Kier alpha value is -3.48. The van der Waals surface area contributed by atoms with Crippen molar-refractivity contribution in [1.82, 2.24) is 5.32 Å². The molecule has 0 radical (unpaired) electrons. The molecule has 7 heteroatoms. The number of hydrogen-bond acceptors (Lipinski definition) is 4. The first-order valence-electron chi connectivity index (χ1n) is 11.3. The van der Waals surface area contributed by atoms with E-state index in [1.807, 2.05) is 43.3 Å². The minimum absolute atomic E-state index is 0.279. The Kier molecular flexibility index (Phi) is 4.66. The van der Waals surface area contributed by atoms with Crippen LogP contribution < -0.4 is 15.5 Å². The minimum atomic E-state index is -1.34. The summed E-state index contributed by atoms with van der Waals surface area (Å²) >= 11 is 6.34. The quantitative estimate of drug-likeness (QED) is 0.569. The summed E-state index contributed by atoms with van der Waals surface area (Å²) in [6.45, 7) is 1.84. The summed E-state index contributed by atoms with van der Waals surface area (Å²) in [6, 6.07) is 21.9. The molecule has 4 atom stereocenters. The number of imide groups is 1. The Labute approximate surface area is 201 Å². The number of benzene rings is 3. The Balaban J connectivity index is 1.52. The first-order chi connectivity index (χ1) is 16.4. The third-order valence-electron chi connectivity index (χ3n) is 7.40. The number of fused-ring (bicyclic) bond motifs is 4. The van der Waals surface area contributed by atoms with Gasteiger partial charge >= 0.3 is 0 Å². The monoisotopic (exact) mass is 471 g/mol. The van der Waals surface area contributed by atoms with Crippen LogP contribution in [-0.2, 0) is 26.3 Å². The highest BCUT2D eigenvalue weighted by Gasteiger charge is 2.70. The van der Waals surface area contributed by atoms with Crippen LogP contribution >= 0.6 is 11.6 Å². The molecular formula is C27H22ClN3O3. The lowest BCUT2D eigenvalue weighted by molar-refractivity contribution is -0.130. The van der Waals surface area contributed by atoms with E-state index in [0.717, 1.165) is 11.1 Å². The first-order valence-corrected chi connectivity index (χ1v) is 11.7. The predicted octanol–water partition coefficient (Wildman–Crippen LogP) is 3.82. The Morgan fingerprint density at radius 2 is 1.59 bits per heavy atom. The van der Waals surface area contributed by atoms with Crippen molar-refractivity contribution in [2.24, 2.45) is 11.8 Å². The summed E-state index contributed by atoms with van der Waals surface area (Å²) < 4.78 is 0. The summed E-state index contributed by atoms with van der Waals surface area (Å²) in [6.07, 6.45) is 0.514. The third-order valence-corrected chi connectivity index (χ3v) is 7.81. The number of nitrogens with zero attached hydrogens (tertiary/aromatic N) is 1. The number of nitrogens with one attached hydrogen (secondary N) is 2. The van der Waals surface area contributed by atoms with Crippen molar-refractivity contribution in [1.29, 1.82) is 0 Å². The highest BCUT2D eigenvalue weighted by molar-refractivity contribution is 6.32. The smallest absolute Gasteiger partial charge is 0.250 e. The van der Waals surface area contributed by atoms with Crippen LogP contribution in [0.15, 0.2) is 72.8 Å². The fourth-order valence-electron chi connectivity index (χ4n) is 5.86. The van der Waals surface area contributed by atoms with Crippen molar-refractivity contribution in [3.8, 4) is 0 Å². The van der Waals surface area contributed by atoms with Crippen LogP contribution in [0, 0.1) is 18.8 Å². The van der Waals surface area contributed by atoms with E-state index in [1.54, 1.807) is 36.4 Å². The molecule has 3 aliphatic heterocycles. The van der Waals surface area contributed by atoms with Crippen molar-refractivity contribution in [2.45, 2.75) is 24.9 Å². The number of para-hydroxylation sites is 1. The van der Waals surface area contributed by atoms with Gasteiger partial charge in [0.15, 0.2) is 0 Å². The van der Waals surface area contributed by atoms with Gasteiger partial charge in [-0.15, -0.1) is 0 Å². The molecule has 3 amide bonds. The zero-order valence-corrected chi connectivity index (χ0v) is 19.2. The van der Waals surface area contributed by atoms with Crippen molar-refractivity contribution < 1.29 is 14.4 Å². The Morgan fingerprint density at radius 1 is 0.912 bits per heavy atom. The Morgan fingerprint density at radius 3 is 2.29 bits per heavy atom. The van der Waals surface area contributed by atoms with Gasteiger partial charge < -0.3 is 5.32 Å². The van der Waals surface area contributed by atoms with Gasteiger partial charge in [-0.1, -0.05) is 66.2 Å². The van der Waals surface area contributed by atoms with Crippen molar-refractivity contribution in [2.75, 3.05) is 10.2 Å². The summed E-state index contributed by atoms with van der Waals surface area (Å²) in [7, 11) is 0. The molecule has 3 aromatic carbocycles. The van der Waals surface area contributed by atoms with Crippen LogP contribution in [-0.4, -0.2) is 23.8 Å². The van der Waals surface area contributed by atoms with Crippen LogP contribution in [0.5, 0.6) is 0 Å². The molecule has 3 aromatic rings. The van der Waals surface area contributed by atoms with Crippen LogP contribution in [0.1, 0.15) is 16.7 Å². The molecule has 6 rings (SSSR count). The number of carbonyl (C=O) groups is 3. The standard InChI is InChI=1S/C27H22ClN3O3/c1-15-19(28)13-12-18-23(15)29-26(34)27(18)22-21(20(30-27)14-16-8-4-2-5-9-16)24(32)31(25(22)33)17-10-6-3-7-11-17/h2-13,20-22,30H,14H2,1H3,(H,29,34). The van der Waals surface area contributed by atoms with Crippen LogP contribution in [0.25, 0.3) is 0 Å². The van der Waals surface area contributed by atoms with Crippen molar-refractivity contribution in [3.05, 3.63) is 94.5 Å². The fraction of sp³-hybridized carbons (Fsp3) is 0.222. The molecule has 0 saturated carbocycles. The summed E-state index contributed by atoms with van der Waals surface area (Å²) in [4.78, 5) is 42.6. The number of hydrogen-bond donors (Lipinski definition) is 2. The number of rotatable bonds is 3. The Bertz CT molecular complexity index is 1340. The zero-order valence-electron chi connectivity index (χ0n) is 18.4. The van der Waals surface area contributed by atoms with Crippen LogP contribution in [0.3, 0.4) is 0 Å². The number of carbonyl (C=O) groups excluding carboxylic acids is 3. The molecule has 0 bridgehead atoms. The van der Waals surface area contributed by atoms with Gasteiger partial charge in [0.1, 0.15) is 5.54 Å². The maximum absolute atomic E-state index is 13.9. The second-order valence-corrected chi connectivity index (χ2v) is 9.56. The maximum Gasteiger partial charge on any atom is 0.250 e. The average molecular weight is 472 g/mol. The van der Waals surface area contributed by atoms with E-state index in [4.69, 9.17) is 11.6 Å². The van der Waals surface area contributed by atoms with Gasteiger partial charge in [0.25, 0.3) is 0 Å². The van der Waals surface area contributed by atoms with Gasteiger partial charge in [0.2, 0.25) is 17.7 Å². The molecule has 0 aromatic heterocycles. The van der Waals surface area contributed by atoms with Crippen LogP contribution in [0.2, 0.25) is 5.02 Å². The lowest BCUT2D eigenvalue weighted by atomic mass is 9.76. The van der Waals surface area contributed by atoms with E-state index in [-0.39, 0.29) is 17.7 Å². The fourth-order valence-corrected chi connectivity index (χ4v) is 6.02. The molecule has 1 spiro atoms. The lowest BCUT2D eigenvalue weighted by Crippen LogP contribution is -2.53. The molecule has 6 nitrogen and oxygen atoms in total. The molecular weight excluding hydrogens is 450 g/mol. The minimum Gasteiger partial charge on any atom is -0.324 e. The number of halogens is 1. The lowest BCUT2D eigenvalue weighted by Gasteiger charge is -2.29. The molecule has 0 aliphatic carbocycles. The topological polar surface area (TPSA) is 78.5 Å². The molecule has 2 saturated heterocycles. The van der Waals surface area contributed by atoms with E-state index in [2.05, 4.69) is 10.6 Å². The third kappa shape index (κ3) is 2.76. The van der Waals surface area contributed by atoms with Crippen molar-refractivity contribution >= 4 is 40.7 Å². The first kappa shape index (κ1) is 21.1. The molecule has 170 valence electrons. The van der Waals surface area contributed by atoms with E-state index in [1.165, 1.54) is 4.90 Å². The maximum atomic E-state index is 13.9. The molecule has 2 fully saturated rings. The van der Waals surface area contributed by atoms with E-state index < -0.39 is 23.4 Å². The number of amides is 3. The molecule has 4 unspecified atom stereocenters. The van der Waals surface area contributed by atoms with Gasteiger partial charge in [-0.3, -0.25) is 19.7 Å². The molecule has 2 N–H and O–H groups in total. The summed E-state index contributed by atoms with van der Waals surface area (Å²) in [5.41, 5.74) is 2.23. The largest absolute Gasteiger partial charge is 0.324 e. The molecule has 3 aliphatic rings. The normalized spacial score (nSPS) is 27.3. The predicted molar refractivity (Wildman–Crippen MR) is 129 cm³/mol. The van der Waals surface area contributed by atoms with E-state index in [9.17, 15) is 14.4 Å². The van der Waals surface area contributed by atoms with Crippen LogP contribution in [0.4, 0.5) is 11.4 Å². The highest BCUT2D eigenvalue weighted by Crippen LogP contribution is 2.54. The SMILES string of the molecule is Cc1c(Cl)ccc2c1NC(=O)C21NC(Cc2ccccc2)C2C(=O)N(c3ccccc3)C(=O)C21. The summed E-state index contributed by atoms with van der Waals surface area (Å²) in [5, 5.41) is 6.97. The van der Waals surface area contributed by atoms with Gasteiger partial charge in [-0.2, -0.15) is 0 Å². The number of anilines is 2. The van der Waals surface area contributed by atoms with Gasteiger partial charge in [0, 0.05) is 16.6 Å². The second-order valence-electron chi connectivity index (χ2n) is 9.15. The average Bonchev–Trinajstić information content (AvgIpc) is 3.42. The zero-order chi connectivity index (χ0) is 23.6. The molecule has 34 heavy (non-hydrogen) atoms.